The maximum Gasteiger partial charge on any atom is 0.200 e. The van der Waals surface area contributed by atoms with Gasteiger partial charge in [-0.3, -0.25) is 0 Å². The molecule has 0 unspecified atom stereocenters. The quantitative estimate of drug-likeness (QED) is 0.880. The number of imidazole rings is 1. The Hall–Kier alpha value is -1.97. The van der Waals surface area contributed by atoms with E-state index in [0.717, 1.165) is 23.6 Å². The molecule has 0 spiro atoms. The van der Waals surface area contributed by atoms with Gasteiger partial charge in [0.1, 0.15) is 5.75 Å². The van der Waals surface area contributed by atoms with E-state index in [4.69, 9.17) is 10.5 Å². The maximum atomic E-state index is 5.81. The Labute approximate surface area is 101 Å². The molecule has 2 aromatic rings. The maximum absolute atomic E-state index is 5.81. The number of hydrogen-bond donors (Lipinski definition) is 1. The van der Waals surface area contributed by atoms with Crippen molar-refractivity contribution in [1.82, 2.24) is 9.55 Å². The minimum Gasteiger partial charge on any atom is -0.496 e. The fourth-order valence-electron chi connectivity index (χ4n) is 1.91. The fraction of sp³-hybridized carbons (Fsp3) is 0.308. The molecule has 4 heteroatoms. The predicted molar refractivity (Wildman–Crippen MR) is 68.2 cm³/mol. The molecule has 0 amide bonds. The van der Waals surface area contributed by atoms with Crippen molar-refractivity contribution in [3.05, 3.63) is 41.2 Å². The number of ether oxygens (including phenoxy) is 1. The van der Waals surface area contributed by atoms with E-state index in [1.54, 1.807) is 13.3 Å². The van der Waals surface area contributed by atoms with E-state index in [1.807, 2.05) is 30.5 Å². The second-order valence-corrected chi connectivity index (χ2v) is 4.15. The highest BCUT2D eigenvalue weighted by molar-refractivity contribution is 5.37. The molecule has 17 heavy (non-hydrogen) atoms. The summed E-state index contributed by atoms with van der Waals surface area (Å²) in [6.07, 6.45) is 1.78. The lowest BCUT2D eigenvalue weighted by atomic mass is 10.1. The molecule has 2 rings (SSSR count). The number of anilines is 1. The molecule has 1 heterocycles. The largest absolute Gasteiger partial charge is 0.496 e. The van der Waals surface area contributed by atoms with Crippen LogP contribution in [-0.2, 0) is 6.54 Å². The van der Waals surface area contributed by atoms with Crippen LogP contribution in [0.3, 0.4) is 0 Å². The number of rotatable bonds is 3. The lowest BCUT2D eigenvalue weighted by Gasteiger charge is -2.10. The molecule has 0 saturated heterocycles. The first-order valence-electron chi connectivity index (χ1n) is 5.53. The highest BCUT2D eigenvalue weighted by atomic mass is 16.5. The van der Waals surface area contributed by atoms with Crippen LogP contribution in [0.1, 0.15) is 16.8 Å². The third-order valence-corrected chi connectivity index (χ3v) is 2.89. The molecule has 1 aromatic carbocycles. The minimum atomic E-state index is 0.552. The number of nitrogens with zero attached hydrogens (tertiary/aromatic N) is 2. The van der Waals surface area contributed by atoms with Crippen LogP contribution in [0.15, 0.2) is 24.4 Å². The Balaban J connectivity index is 2.28. The molecule has 0 aliphatic carbocycles. The van der Waals surface area contributed by atoms with Crippen molar-refractivity contribution < 1.29 is 4.74 Å². The van der Waals surface area contributed by atoms with Crippen molar-refractivity contribution in [3.8, 4) is 5.75 Å². The van der Waals surface area contributed by atoms with E-state index in [9.17, 15) is 0 Å². The summed E-state index contributed by atoms with van der Waals surface area (Å²) in [6, 6.07) is 6.13. The standard InChI is InChI=1S/C13H17N3O/c1-9-6-11(4-5-12(9)17-3)8-16-10(2)7-15-13(16)14/h4-7H,8H2,1-3H3,(H2,14,15). The summed E-state index contributed by atoms with van der Waals surface area (Å²) >= 11 is 0. The van der Waals surface area contributed by atoms with Gasteiger partial charge in [0.2, 0.25) is 5.95 Å². The van der Waals surface area contributed by atoms with Crippen LogP contribution in [-0.4, -0.2) is 16.7 Å². The van der Waals surface area contributed by atoms with Crippen LogP contribution in [0.5, 0.6) is 5.75 Å². The van der Waals surface area contributed by atoms with Crippen LogP contribution in [0.4, 0.5) is 5.95 Å². The van der Waals surface area contributed by atoms with E-state index in [-0.39, 0.29) is 0 Å². The number of benzene rings is 1. The zero-order valence-corrected chi connectivity index (χ0v) is 10.4. The fourth-order valence-corrected chi connectivity index (χ4v) is 1.91. The second kappa shape index (κ2) is 4.49. The van der Waals surface area contributed by atoms with Gasteiger partial charge in [-0.15, -0.1) is 0 Å². The Kier molecular flexibility index (Phi) is 3.04. The first-order chi connectivity index (χ1) is 8.11. The Morgan fingerprint density at radius 3 is 2.65 bits per heavy atom. The number of nitrogen functional groups attached to an aromatic ring is 1. The molecule has 0 aliphatic rings. The molecule has 0 bridgehead atoms. The van der Waals surface area contributed by atoms with Gasteiger partial charge in [-0.25, -0.2) is 4.98 Å². The monoisotopic (exact) mass is 231 g/mol. The van der Waals surface area contributed by atoms with Crippen LogP contribution in [0, 0.1) is 13.8 Å². The number of aryl methyl sites for hydroxylation is 2. The summed E-state index contributed by atoms with van der Waals surface area (Å²) in [6.45, 7) is 4.77. The number of nitrogens with two attached hydrogens (primary N) is 1. The zero-order chi connectivity index (χ0) is 12.4. The Morgan fingerprint density at radius 2 is 2.12 bits per heavy atom. The first kappa shape index (κ1) is 11.5. The van der Waals surface area contributed by atoms with Gasteiger partial charge in [-0.1, -0.05) is 12.1 Å². The summed E-state index contributed by atoms with van der Waals surface area (Å²) in [5, 5.41) is 0. The molecule has 1 aromatic heterocycles. The van der Waals surface area contributed by atoms with Crippen molar-refractivity contribution in [2.24, 2.45) is 0 Å². The van der Waals surface area contributed by atoms with Crippen LogP contribution in [0.25, 0.3) is 0 Å². The van der Waals surface area contributed by atoms with E-state index in [0.29, 0.717) is 5.95 Å². The van der Waals surface area contributed by atoms with Crippen LogP contribution < -0.4 is 10.5 Å². The van der Waals surface area contributed by atoms with Gasteiger partial charge in [0.25, 0.3) is 0 Å². The predicted octanol–water partition coefficient (Wildman–Crippen LogP) is 2.14. The van der Waals surface area contributed by atoms with Crippen molar-refractivity contribution in [1.29, 1.82) is 0 Å². The smallest absolute Gasteiger partial charge is 0.200 e. The summed E-state index contributed by atoms with van der Waals surface area (Å²) < 4.78 is 7.23. The van der Waals surface area contributed by atoms with Gasteiger partial charge in [0.05, 0.1) is 19.9 Å². The molecule has 0 fully saturated rings. The summed E-state index contributed by atoms with van der Waals surface area (Å²) in [5.74, 6) is 1.46. The Bertz CT molecular complexity index is 512. The van der Waals surface area contributed by atoms with Crippen molar-refractivity contribution in [2.45, 2.75) is 20.4 Å². The van der Waals surface area contributed by atoms with E-state index < -0.39 is 0 Å². The van der Waals surface area contributed by atoms with Crippen LogP contribution >= 0.6 is 0 Å². The van der Waals surface area contributed by atoms with Gasteiger partial charge in [0.15, 0.2) is 0 Å². The number of hydrogen-bond acceptors (Lipinski definition) is 3. The second-order valence-electron chi connectivity index (χ2n) is 4.15. The first-order valence-corrected chi connectivity index (χ1v) is 5.53. The zero-order valence-electron chi connectivity index (χ0n) is 10.4. The topological polar surface area (TPSA) is 53.1 Å². The lowest BCUT2D eigenvalue weighted by molar-refractivity contribution is 0.411. The summed E-state index contributed by atoms with van der Waals surface area (Å²) in [5.41, 5.74) is 9.19. The summed E-state index contributed by atoms with van der Waals surface area (Å²) in [7, 11) is 1.68. The normalized spacial score (nSPS) is 10.5. The van der Waals surface area contributed by atoms with Gasteiger partial charge >= 0.3 is 0 Å². The van der Waals surface area contributed by atoms with E-state index >= 15 is 0 Å². The molecule has 4 nitrogen and oxygen atoms in total. The van der Waals surface area contributed by atoms with Crippen molar-refractivity contribution in [3.63, 3.8) is 0 Å². The van der Waals surface area contributed by atoms with Crippen molar-refractivity contribution >= 4 is 5.95 Å². The van der Waals surface area contributed by atoms with Gasteiger partial charge < -0.3 is 15.0 Å². The summed E-state index contributed by atoms with van der Waals surface area (Å²) in [4.78, 5) is 4.08. The van der Waals surface area contributed by atoms with Crippen molar-refractivity contribution in [2.75, 3.05) is 12.8 Å². The minimum absolute atomic E-state index is 0.552. The number of aromatic nitrogens is 2. The van der Waals surface area contributed by atoms with Gasteiger partial charge in [-0.2, -0.15) is 0 Å². The van der Waals surface area contributed by atoms with E-state index in [1.165, 1.54) is 5.56 Å². The molecule has 0 atom stereocenters. The third-order valence-electron chi connectivity index (χ3n) is 2.89. The van der Waals surface area contributed by atoms with E-state index in [2.05, 4.69) is 11.1 Å². The average Bonchev–Trinajstić information content (AvgIpc) is 2.61. The number of methoxy groups -OCH3 is 1. The SMILES string of the molecule is COc1ccc(Cn2c(C)cnc2N)cc1C. The highest BCUT2D eigenvalue weighted by Gasteiger charge is 2.05. The molecular weight excluding hydrogens is 214 g/mol. The van der Waals surface area contributed by atoms with Crippen LogP contribution in [0.2, 0.25) is 0 Å². The third kappa shape index (κ3) is 2.25. The van der Waals surface area contributed by atoms with Gasteiger partial charge in [-0.05, 0) is 31.0 Å². The Morgan fingerprint density at radius 1 is 1.35 bits per heavy atom. The molecular formula is C13H17N3O. The highest BCUT2D eigenvalue weighted by Crippen LogP contribution is 2.20. The molecule has 0 radical (unpaired) electrons. The van der Waals surface area contributed by atoms with Gasteiger partial charge in [0, 0.05) is 5.69 Å². The lowest BCUT2D eigenvalue weighted by Crippen LogP contribution is -2.06. The molecule has 2 N–H and O–H groups in total. The molecule has 90 valence electrons. The molecule has 0 aliphatic heterocycles. The average molecular weight is 231 g/mol. The molecule has 0 saturated carbocycles.